The van der Waals surface area contributed by atoms with E-state index in [2.05, 4.69) is 0 Å². The van der Waals surface area contributed by atoms with Crippen LogP contribution in [0.3, 0.4) is 0 Å². The van der Waals surface area contributed by atoms with Crippen molar-refractivity contribution in [1.29, 1.82) is 0 Å². The Labute approximate surface area is 154 Å². The van der Waals surface area contributed by atoms with Crippen molar-refractivity contribution in [2.24, 2.45) is 11.8 Å². The number of carbonyl (C=O) groups excluding carboxylic acids is 2. The molecule has 1 N–H and O–H groups in total. The van der Waals surface area contributed by atoms with Gasteiger partial charge in [-0.1, -0.05) is 13.8 Å². The van der Waals surface area contributed by atoms with Crippen molar-refractivity contribution in [3.05, 3.63) is 0 Å². The van der Waals surface area contributed by atoms with Gasteiger partial charge in [0, 0.05) is 25.9 Å². The van der Waals surface area contributed by atoms with Crippen molar-refractivity contribution < 1.29 is 38.4 Å². The van der Waals surface area contributed by atoms with E-state index >= 15 is 0 Å². The predicted octanol–water partition coefficient (Wildman–Crippen LogP) is 2.14. The van der Waals surface area contributed by atoms with Crippen LogP contribution in [0.5, 0.6) is 0 Å². The maximum absolute atomic E-state index is 11.7. The number of hydrogen-bond donors (Lipinski definition) is 1. The van der Waals surface area contributed by atoms with E-state index in [1.165, 1.54) is 7.11 Å². The summed E-state index contributed by atoms with van der Waals surface area (Å²) in [4.78, 5) is 34.9. The molecule has 8 heteroatoms. The lowest BCUT2D eigenvalue weighted by molar-refractivity contribution is -0.224. The molecule has 0 spiro atoms. The zero-order chi connectivity index (χ0) is 19.5. The van der Waals surface area contributed by atoms with Gasteiger partial charge in [0.25, 0.3) is 0 Å². The summed E-state index contributed by atoms with van der Waals surface area (Å²) >= 11 is 0. The predicted molar refractivity (Wildman–Crippen MR) is 91.3 cm³/mol. The molecule has 0 radical (unpaired) electrons. The molecule has 1 heterocycles. The van der Waals surface area contributed by atoms with Gasteiger partial charge in [-0.2, -0.15) is 0 Å². The van der Waals surface area contributed by atoms with Gasteiger partial charge in [-0.15, -0.1) is 0 Å². The summed E-state index contributed by atoms with van der Waals surface area (Å²) in [5, 5.41) is 9.60. The van der Waals surface area contributed by atoms with Gasteiger partial charge in [0.1, 0.15) is 6.10 Å². The van der Waals surface area contributed by atoms with E-state index in [4.69, 9.17) is 18.9 Å². The third-order valence-electron chi connectivity index (χ3n) is 4.30. The van der Waals surface area contributed by atoms with Crippen LogP contribution in [0.1, 0.15) is 52.4 Å². The molecule has 150 valence electrons. The molecule has 1 aliphatic rings. The van der Waals surface area contributed by atoms with Crippen LogP contribution in [-0.2, 0) is 33.3 Å². The molecule has 8 nitrogen and oxygen atoms in total. The molecule has 1 saturated heterocycles. The van der Waals surface area contributed by atoms with Crippen LogP contribution in [0.4, 0.5) is 0 Å². The molecule has 1 rings (SSSR count). The molecule has 1 fully saturated rings. The molecule has 0 aliphatic carbocycles. The molecular weight excluding hydrogens is 344 g/mol. The van der Waals surface area contributed by atoms with Gasteiger partial charge < -0.3 is 24.1 Å². The van der Waals surface area contributed by atoms with E-state index in [-0.39, 0.29) is 31.6 Å². The van der Waals surface area contributed by atoms with Crippen LogP contribution < -0.4 is 0 Å². The molecule has 0 aromatic carbocycles. The molecular formula is C18H30O8. The molecule has 1 aliphatic heterocycles. The van der Waals surface area contributed by atoms with Crippen molar-refractivity contribution in [3.63, 3.8) is 0 Å². The first-order chi connectivity index (χ1) is 12.4. The van der Waals surface area contributed by atoms with Gasteiger partial charge in [-0.3, -0.25) is 14.4 Å². The Bertz CT molecular complexity index is 464. The second-order valence-electron chi connectivity index (χ2n) is 6.40. The van der Waals surface area contributed by atoms with Gasteiger partial charge in [0.15, 0.2) is 6.29 Å². The maximum atomic E-state index is 11.7. The van der Waals surface area contributed by atoms with Gasteiger partial charge in [-0.25, -0.2) is 0 Å². The maximum Gasteiger partial charge on any atom is 0.307 e. The smallest absolute Gasteiger partial charge is 0.307 e. The van der Waals surface area contributed by atoms with Crippen LogP contribution in [0.25, 0.3) is 0 Å². The van der Waals surface area contributed by atoms with Crippen LogP contribution in [0, 0.1) is 11.8 Å². The highest BCUT2D eigenvalue weighted by Crippen LogP contribution is 2.32. The lowest BCUT2D eigenvalue weighted by Crippen LogP contribution is -2.45. The van der Waals surface area contributed by atoms with Crippen molar-refractivity contribution in [1.82, 2.24) is 0 Å². The topological polar surface area (TPSA) is 108 Å². The highest BCUT2D eigenvalue weighted by Gasteiger charge is 2.41. The van der Waals surface area contributed by atoms with Gasteiger partial charge in [0.2, 0.25) is 0 Å². The highest BCUT2D eigenvalue weighted by atomic mass is 16.7. The van der Waals surface area contributed by atoms with E-state index < -0.39 is 30.2 Å². The second-order valence-corrected chi connectivity index (χ2v) is 6.40. The quantitative estimate of drug-likeness (QED) is 0.548. The monoisotopic (exact) mass is 374 g/mol. The van der Waals surface area contributed by atoms with Crippen molar-refractivity contribution in [2.75, 3.05) is 20.3 Å². The van der Waals surface area contributed by atoms with E-state index in [9.17, 15) is 19.5 Å². The Hall–Kier alpha value is -1.67. The Morgan fingerprint density at radius 2 is 1.81 bits per heavy atom. The number of esters is 2. The summed E-state index contributed by atoms with van der Waals surface area (Å²) < 4.78 is 21.3. The number of hydrogen-bond acceptors (Lipinski definition) is 7. The largest absolute Gasteiger partial charge is 0.481 e. The minimum atomic E-state index is -1.02. The Kier molecular flexibility index (Phi) is 10.2. The molecule has 2 unspecified atom stereocenters. The highest BCUT2D eigenvalue weighted by molar-refractivity contribution is 5.71. The van der Waals surface area contributed by atoms with E-state index in [0.29, 0.717) is 32.1 Å². The van der Waals surface area contributed by atoms with Crippen LogP contribution in [0.15, 0.2) is 0 Å². The second kappa shape index (κ2) is 11.9. The summed E-state index contributed by atoms with van der Waals surface area (Å²) in [7, 11) is 1.45. The zero-order valence-corrected chi connectivity index (χ0v) is 15.8. The molecule has 0 aromatic rings. The number of carbonyl (C=O) groups is 3. The van der Waals surface area contributed by atoms with E-state index in [1.807, 2.05) is 13.8 Å². The normalized spacial score (nSPS) is 23.9. The SMILES string of the molecule is CCCC(=O)OCC[C@H](C(=O)O)C1C[C@@H](OC(=O)CCC)COC1OC. The molecule has 26 heavy (non-hydrogen) atoms. The minimum absolute atomic E-state index is 0.0169. The Morgan fingerprint density at radius 1 is 1.15 bits per heavy atom. The third kappa shape index (κ3) is 7.29. The number of rotatable bonds is 11. The minimum Gasteiger partial charge on any atom is -0.481 e. The molecule has 0 saturated carbocycles. The molecule has 0 bridgehead atoms. The first-order valence-corrected chi connectivity index (χ1v) is 9.15. The number of aliphatic carboxylic acids is 1. The lowest BCUT2D eigenvalue weighted by Gasteiger charge is -2.37. The fourth-order valence-electron chi connectivity index (χ4n) is 3.03. The lowest BCUT2D eigenvalue weighted by atomic mass is 9.83. The molecule has 4 atom stereocenters. The Balaban J connectivity index is 2.69. The van der Waals surface area contributed by atoms with Gasteiger partial charge in [-0.05, 0) is 25.7 Å². The number of carboxylic acids is 1. The van der Waals surface area contributed by atoms with Crippen molar-refractivity contribution in [3.8, 4) is 0 Å². The summed E-state index contributed by atoms with van der Waals surface area (Å²) in [5.41, 5.74) is 0. The molecule has 0 amide bonds. The fourth-order valence-corrected chi connectivity index (χ4v) is 3.03. The fraction of sp³-hybridized carbons (Fsp3) is 0.833. The summed E-state index contributed by atoms with van der Waals surface area (Å²) in [6.45, 7) is 3.93. The van der Waals surface area contributed by atoms with Crippen molar-refractivity contribution in [2.45, 2.75) is 64.8 Å². The summed E-state index contributed by atoms with van der Waals surface area (Å²) in [5.74, 6) is -3.02. The standard InChI is InChI=1S/C18H30O8/c1-4-6-15(19)24-9-8-13(17(21)22)14-10-12(11-25-18(14)23-3)26-16(20)7-5-2/h12-14,18H,4-11H2,1-3H3,(H,21,22)/t12-,13+,14?,18?/m1/s1. The van der Waals surface area contributed by atoms with E-state index in [1.54, 1.807) is 0 Å². The number of carboxylic acid groups (broad SMARTS) is 1. The van der Waals surface area contributed by atoms with E-state index in [0.717, 1.165) is 0 Å². The first kappa shape index (κ1) is 22.4. The van der Waals surface area contributed by atoms with Crippen LogP contribution in [0.2, 0.25) is 0 Å². The Morgan fingerprint density at radius 3 is 2.38 bits per heavy atom. The third-order valence-corrected chi connectivity index (χ3v) is 4.30. The average molecular weight is 374 g/mol. The average Bonchev–Trinajstić information content (AvgIpc) is 2.59. The summed E-state index contributed by atoms with van der Waals surface area (Å²) in [6, 6.07) is 0. The van der Waals surface area contributed by atoms with Crippen LogP contribution in [-0.4, -0.2) is 55.7 Å². The van der Waals surface area contributed by atoms with Gasteiger partial charge in [0.05, 0.1) is 19.1 Å². The van der Waals surface area contributed by atoms with Crippen LogP contribution >= 0.6 is 0 Å². The summed E-state index contributed by atoms with van der Waals surface area (Å²) in [6.07, 6.45) is 1.23. The number of ether oxygens (including phenoxy) is 4. The van der Waals surface area contributed by atoms with Crippen molar-refractivity contribution >= 4 is 17.9 Å². The zero-order valence-electron chi connectivity index (χ0n) is 15.8. The first-order valence-electron chi connectivity index (χ1n) is 9.15. The van der Waals surface area contributed by atoms with Gasteiger partial charge >= 0.3 is 17.9 Å². The number of methoxy groups -OCH3 is 1. The molecule has 0 aromatic heterocycles.